The van der Waals surface area contributed by atoms with Gasteiger partial charge in [-0.05, 0) is 11.6 Å². The Morgan fingerprint density at radius 1 is 1.54 bits per heavy atom. The fourth-order valence-electron chi connectivity index (χ4n) is 0.839. The van der Waals surface area contributed by atoms with Gasteiger partial charge in [0.05, 0.1) is 6.20 Å². The van der Waals surface area contributed by atoms with Crippen molar-refractivity contribution in [3.05, 3.63) is 24.0 Å². The number of hydrogen-bond donors (Lipinski definition) is 0. The molecule has 1 rings (SSSR count). The van der Waals surface area contributed by atoms with Crippen LogP contribution in [-0.2, 0) is 11.2 Å². The van der Waals surface area contributed by atoms with Crippen LogP contribution >= 0.6 is 0 Å². The third-order valence-corrected chi connectivity index (χ3v) is 1.31. The number of ether oxygens (including phenoxy) is 1. The molecular formula is C8H7F2NO2. The Bertz CT molecular complexity index is 291. The van der Waals surface area contributed by atoms with E-state index in [0.29, 0.717) is 11.8 Å². The number of nitrogens with zero attached hydrogens (tertiary/aromatic N) is 1. The third kappa shape index (κ3) is 3.14. The maximum Gasteiger partial charge on any atom is 0.387 e. The molecule has 0 aromatic carbocycles. The zero-order valence-electron chi connectivity index (χ0n) is 6.61. The van der Waals surface area contributed by atoms with Gasteiger partial charge in [-0.1, -0.05) is 0 Å². The first-order valence-electron chi connectivity index (χ1n) is 3.54. The van der Waals surface area contributed by atoms with E-state index in [1.165, 1.54) is 18.5 Å². The van der Waals surface area contributed by atoms with Crippen LogP contribution in [0.5, 0.6) is 5.75 Å². The van der Waals surface area contributed by atoms with Crippen molar-refractivity contribution in [2.45, 2.75) is 13.0 Å². The molecule has 0 spiro atoms. The zero-order valence-corrected chi connectivity index (χ0v) is 6.61. The van der Waals surface area contributed by atoms with Gasteiger partial charge in [0.25, 0.3) is 0 Å². The lowest BCUT2D eigenvalue weighted by molar-refractivity contribution is -0.107. The van der Waals surface area contributed by atoms with Crippen LogP contribution in [0.1, 0.15) is 5.56 Å². The molecule has 0 N–H and O–H groups in total. The maximum absolute atomic E-state index is 11.7. The predicted molar refractivity (Wildman–Crippen MR) is 40.6 cm³/mol. The van der Waals surface area contributed by atoms with E-state index in [0.717, 1.165) is 0 Å². The predicted octanol–water partition coefficient (Wildman–Crippen LogP) is 1.42. The Hall–Kier alpha value is -1.52. The average molecular weight is 187 g/mol. The minimum Gasteiger partial charge on any atom is -0.433 e. The van der Waals surface area contributed by atoms with Crippen molar-refractivity contribution in [2.75, 3.05) is 0 Å². The highest BCUT2D eigenvalue weighted by atomic mass is 19.3. The highest BCUT2D eigenvalue weighted by molar-refractivity contribution is 5.54. The van der Waals surface area contributed by atoms with Crippen LogP contribution in [-0.4, -0.2) is 17.9 Å². The summed E-state index contributed by atoms with van der Waals surface area (Å²) in [6, 6.07) is 1.35. The molecule has 0 unspecified atom stereocenters. The topological polar surface area (TPSA) is 39.2 Å². The molecule has 70 valence electrons. The quantitative estimate of drug-likeness (QED) is 0.669. The van der Waals surface area contributed by atoms with E-state index < -0.39 is 6.61 Å². The summed E-state index contributed by atoms with van der Waals surface area (Å²) in [6.07, 6.45) is 3.41. The van der Waals surface area contributed by atoms with Crippen molar-refractivity contribution < 1.29 is 18.3 Å². The van der Waals surface area contributed by atoms with Crippen molar-refractivity contribution in [1.29, 1.82) is 0 Å². The molecule has 0 radical (unpaired) electrons. The minimum absolute atomic E-state index is 0.0330. The van der Waals surface area contributed by atoms with Crippen molar-refractivity contribution in [3.8, 4) is 5.75 Å². The van der Waals surface area contributed by atoms with Gasteiger partial charge in [0, 0.05) is 12.6 Å². The number of rotatable bonds is 4. The lowest BCUT2D eigenvalue weighted by Gasteiger charge is -2.03. The molecule has 0 saturated heterocycles. The molecule has 1 heterocycles. The molecule has 0 aliphatic rings. The fraction of sp³-hybridized carbons (Fsp3) is 0.250. The first-order valence-corrected chi connectivity index (χ1v) is 3.54. The normalized spacial score (nSPS) is 10.1. The number of carbonyl (C=O) groups excluding carboxylic acids is 1. The second-order valence-electron chi connectivity index (χ2n) is 2.28. The smallest absolute Gasteiger partial charge is 0.387 e. The van der Waals surface area contributed by atoms with Crippen molar-refractivity contribution in [2.24, 2.45) is 0 Å². The van der Waals surface area contributed by atoms with E-state index in [4.69, 9.17) is 0 Å². The summed E-state index contributed by atoms with van der Waals surface area (Å²) in [5.41, 5.74) is 0.549. The van der Waals surface area contributed by atoms with E-state index in [1.54, 1.807) is 0 Å². The second-order valence-corrected chi connectivity index (χ2v) is 2.28. The number of alkyl halides is 2. The summed E-state index contributed by atoms with van der Waals surface area (Å²) in [7, 11) is 0. The highest BCUT2D eigenvalue weighted by Gasteiger charge is 2.04. The lowest BCUT2D eigenvalue weighted by atomic mass is 10.2. The molecule has 0 fully saturated rings. The molecule has 1 aromatic rings. The van der Waals surface area contributed by atoms with E-state index in [1.807, 2.05) is 0 Å². The van der Waals surface area contributed by atoms with Crippen LogP contribution in [0.25, 0.3) is 0 Å². The molecule has 1 aromatic heterocycles. The molecule has 0 atom stereocenters. The van der Waals surface area contributed by atoms with Gasteiger partial charge in [-0.15, -0.1) is 0 Å². The summed E-state index contributed by atoms with van der Waals surface area (Å²) >= 11 is 0. The number of aldehydes is 1. The number of halogens is 2. The lowest BCUT2D eigenvalue weighted by Crippen LogP contribution is -2.02. The minimum atomic E-state index is -2.87. The summed E-state index contributed by atoms with van der Waals surface area (Å²) in [4.78, 5) is 13.7. The average Bonchev–Trinajstić information content (AvgIpc) is 2.04. The fourth-order valence-corrected chi connectivity index (χ4v) is 0.839. The second kappa shape index (κ2) is 4.49. The molecule has 0 aliphatic carbocycles. The van der Waals surface area contributed by atoms with Gasteiger partial charge in [0.15, 0.2) is 0 Å². The SMILES string of the molecule is O=CCc1cncc(OC(F)F)c1. The standard InChI is InChI=1S/C8H7F2NO2/c9-8(10)13-7-3-6(1-2-12)4-11-5-7/h2-5,8H,1H2. The first kappa shape index (κ1) is 9.57. The number of carbonyl (C=O) groups is 1. The van der Waals surface area contributed by atoms with Crippen LogP contribution in [0, 0.1) is 0 Å². The highest BCUT2D eigenvalue weighted by Crippen LogP contribution is 2.13. The molecule has 0 bridgehead atoms. The Balaban J connectivity index is 2.72. The van der Waals surface area contributed by atoms with Gasteiger partial charge < -0.3 is 9.53 Å². The molecule has 0 aliphatic heterocycles. The van der Waals surface area contributed by atoms with Crippen LogP contribution in [0.4, 0.5) is 8.78 Å². The maximum atomic E-state index is 11.7. The summed E-state index contributed by atoms with van der Waals surface area (Å²) in [5, 5.41) is 0. The molecule has 0 amide bonds. The van der Waals surface area contributed by atoms with Gasteiger partial charge in [-0.25, -0.2) is 0 Å². The summed E-state index contributed by atoms with van der Waals surface area (Å²) < 4.78 is 27.5. The molecule has 13 heavy (non-hydrogen) atoms. The van der Waals surface area contributed by atoms with E-state index in [2.05, 4.69) is 9.72 Å². The van der Waals surface area contributed by atoms with Gasteiger partial charge in [0.1, 0.15) is 12.0 Å². The Kier molecular flexibility index (Phi) is 3.31. The number of hydrogen-bond acceptors (Lipinski definition) is 3. The van der Waals surface area contributed by atoms with Gasteiger partial charge in [-0.3, -0.25) is 4.98 Å². The zero-order chi connectivity index (χ0) is 9.68. The van der Waals surface area contributed by atoms with Crippen LogP contribution in [0.15, 0.2) is 18.5 Å². The van der Waals surface area contributed by atoms with E-state index in [-0.39, 0.29) is 12.2 Å². The van der Waals surface area contributed by atoms with Crippen LogP contribution in [0.2, 0.25) is 0 Å². The van der Waals surface area contributed by atoms with E-state index >= 15 is 0 Å². The Morgan fingerprint density at radius 2 is 2.31 bits per heavy atom. The van der Waals surface area contributed by atoms with Crippen molar-refractivity contribution in [3.63, 3.8) is 0 Å². The number of aromatic nitrogens is 1. The van der Waals surface area contributed by atoms with Crippen molar-refractivity contribution in [1.82, 2.24) is 4.98 Å². The van der Waals surface area contributed by atoms with Crippen LogP contribution in [0.3, 0.4) is 0 Å². The third-order valence-electron chi connectivity index (χ3n) is 1.31. The van der Waals surface area contributed by atoms with Gasteiger partial charge in [0.2, 0.25) is 0 Å². The Morgan fingerprint density at radius 3 is 2.92 bits per heavy atom. The number of pyridine rings is 1. The van der Waals surface area contributed by atoms with Gasteiger partial charge >= 0.3 is 6.61 Å². The molecule has 5 heteroatoms. The summed E-state index contributed by atoms with van der Waals surface area (Å²) in [5.74, 6) is -0.0330. The summed E-state index contributed by atoms with van der Waals surface area (Å²) in [6.45, 7) is -2.87. The Labute approximate surface area is 73.4 Å². The largest absolute Gasteiger partial charge is 0.433 e. The van der Waals surface area contributed by atoms with Crippen molar-refractivity contribution >= 4 is 6.29 Å². The monoisotopic (exact) mass is 187 g/mol. The molecular weight excluding hydrogens is 180 g/mol. The molecule has 0 saturated carbocycles. The molecule has 3 nitrogen and oxygen atoms in total. The van der Waals surface area contributed by atoms with Gasteiger partial charge in [-0.2, -0.15) is 8.78 Å². The van der Waals surface area contributed by atoms with Crippen LogP contribution < -0.4 is 4.74 Å². The van der Waals surface area contributed by atoms with E-state index in [9.17, 15) is 13.6 Å². The first-order chi connectivity index (χ1) is 6.22.